The minimum atomic E-state index is 0.308. The van der Waals surface area contributed by atoms with E-state index in [1.165, 1.54) is 25.7 Å². The molecule has 1 aromatic rings. The van der Waals surface area contributed by atoms with Crippen LogP contribution in [0, 0.1) is 12.3 Å². The second kappa shape index (κ2) is 6.17. The fourth-order valence-electron chi connectivity index (χ4n) is 3.55. The van der Waals surface area contributed by atoms with Crippen molar-refractivity contribution in [1.82, 2.24) is 4.90 Å². The molecule has 0 amide bonds. The lowest BCUT2D eigenvalue weighted by Crippen LogP contribution is -2.40. The number of phenolic OH excluding ortho intramolecular Hbond substituents is 1. The summed E-state index contributed by atoms with van der Waals surface area (Å²) < 4.78 is 0. The molecule has 0 bridgehead atoms. The SMILES string of the molecule is CCC1(CC)CCN(C(C)c2ccc(C)cc2O)CC1. The minimum Gasteiger partial charge on any atom is -0.508 e. The minimum absolute atomic E-state index is 0.308. The molecule has 1 heterocycles. The lowest BCUT2D eigenvalue weighted by atomic mass is 9.74. The Morgan fingerprint density at radius 1 is 1.20 bits per heavy atom. The lowest BCUT2D eigenvalue weighted by Gasteiger charge is -2.43. The van der Waals surface area contributed by atoms with E-state index in [-0.39, 0.29) is 0 Å². The first kappa shape index (κ1) is 15.4. The molecule has 2 heteroatoms. The third-order valence-electron chi connectivity index (χ3n) is 5.54. The van der Waals surface area contributed by atoms with Crippen molar-refractivity contribution >= 4 is 0 Å². The topological polar surface area (TPSA) is 23.5 Å². The van der Waals surface area contributed by atoms with Crippen molar-refractivity contribution in [2.75, 3.05) is 13.1 Å². The first-order valence-electron chi connectivity index (χ1n) is 8.05. The molecule has 1 aliphatic heterocycles. The highest BCUT2D eigenvalue weighted by Crippen LogP contribution is 2.40. The number of aryl methyl sites for hydroxylation is 1. The van der Waals surface area contributed by atoms with Gasteiger partial charge >= 0.3 is 0 Å². The number of phenols is 1. The van der Waals surface area contributed by atoms with Gasteiger partial charge in [0.1, 0.15) is 5.75 Å². The molecule has 2 rings (SSSR count). The first-order valence-corrected chi connectivity index (χ1v) is 8.05. The van der Waals surface area contributed by atoms with Crippen LogP contribution in [0.4, 0.5) is 0 Å². The van der Waals surface area contributed by atoms with Crippen LogP contribution in [-0.4, -0.2) is 23.1 Å². The molecule has 0 aliphatic carbocycles. The standard InChI is InChI=1S/C18H29NO/c1-5-18(6-2)9-11-19(12-10-18)15(4)16-8-7-14(3)13-17(16)20/h7-8,13,15,20H,5-6,9-12H2,1-4H3. The highest BCUT2D eigenvalue weighted by Gasteiger charge is 2.33. The van der Waals surface area contributed by atoms with Gasteiger partial charge in [0.05, 0.1) is 0 Å². The summed E-state index contributed by atoms with van der Waals surface area (Å²) in [4.78, 5) is 2.52. The molecule has 0 radical (unpaired) electrons. The van der Waals surface area contributed by atoms with Gasteiger partial charge in [0.15, 0.2) is 0 Å². The van der Waals surface area contributed by atoms with Gasteiger partial charge in [-0.25, -0.2) is 0 Å². The maximum absolute atomic E-state index is 10.2. The molecule has 0 spiro atoms. The first-order chi connectivity index (χ1) is 9.51. The van der Waals surface area contributed by atoms with Crippen LogP contribution < -0.4 is 0 Å². The van der Waals surface area contributed by atoms with Crippen molar-refractivity contribution in [3.8, 4) is 5.75 Å². The molecule has 0 aromatic heterocycles. The Bertz CT molecular complexity index is 441. The zero-order chi connectivity index (χ0) is 14.8. The van der Waals surface area contributed by atoms with Crippen LogP contribution in [0.2, 0.25) is 0 Å². The summed E-state index contributed by atoms with van der Waals surface area (Å²) in [5.74, 6) is 0.445. The van der Waals surface area contributed by atoms with E-state index in [4.69, 9.17) is 0 Å². The Balaban J connectivity index is 2.06. The van der Waals surface area contributed by atoms with Gasteiger partial charge in [-0.1, -0.05) is 38.8 Å². The number of piperidine rings is 1. The van der Waals surface area contributed by atoms with Crippen LogP contribution in [0.1, 0.15) is 63.6 Å². The molecule has 0 saturated carbocycles. The van der Waals surface area contributed by atoms with E-state index in [1.807, 2.05) is 13.0 Å². The van der Waals surface area contributed by atoms with Crippen molar-refractivity contribution in [2.45, 2.75) is 59.4 Å². The van der Waals surface area contributed by atoms with E-state index in [0.29, 0.717) is 17.2 Å². The summed E-state index contributed by atoms with van der Waals surface area (Å²) in [6.45, 7) is 11.2. The van der Waals surface area contributed by atoms with Gasteiger partial charge in [-0.05, 0) is 56.8 Å². The molecular weight excluding hydrogens is 246 g/mol. The Labute approximate surface area is 123 Å². The molecule has 112 valence electrons. The Hall–Kier alpha value is -1.02. The van der Waals surface area contributed by atoms with Gasteiger partial charge in [0, 0.05) is 11.6 Å². The zero-order valence-electron chi connectivity index (χ0n) is 13.4. The Kier molecular flexibility index (Phi) is 4.74. The van der Waals surface area contributed by atoms with Gasteiger partial charge in [0.25, 0.3) is 0 Å². The number of hydrogen-bond acceptors (Lipinski definition) is 2. The van der Waals surface area contributed by atoms with E-state index in [2.05, 4.69) is 37.8 Å². The smallest absolute Gasteiger partial charge is 0.120 e. The van der Waals surface area contributed by atoms with Gasteiger partial charge in [-0.3, -0.25) is 4.90 Å². The molecule has 1 aromatic carbocycles. The fourth-order valence-corrected chi connectivity index (χ4v) is 3.55. The van der Waals surface area contributed by atoms with E-state index in [9.17, 15) is 5.11 Å². The van der Waals surface area contributed by atoms with Crippen molar-refractivity contribution in [3.05, 3.63) is 29.3 Å². The van der Waals surface area contributed by atoms with Crippen molar-refractivity contribution in [1.29, 1.82) is 0 Å². The maximum atomic E-state index is 10.2. The maximum Gasteiger partial charge on any atom is 0.120 e. The highest BCUT2D eigenvalue weighted by atomic mass is 16.3. The molecule has 1 fully saturated rings. The number of nitrogens with zero attached hydrogens (tertiary/aromatic N) is 1. The summed E-state index contributed by atoms with van der Waals surface area (Å²) in [5.41, 5.74) is 2.75. The van der Waals surface area contributed by atoms with Crippen LogP contribution >= 0.6 is 0 Å². The Morgan fingerprint density at radius 2 is 1.80 bits per heavy atom. The lowest BCUT2D eigenvalue weighted by molar-refractivity contribution is 0.0703. The van der Waals surface area contributed by atoms with Crippen LogP contribution in [0.3, 0.4) is 0 Å². The van der Waals surface area contributed by atoms with Gasteiger partial charge in [-0.2, -0.15) is 0 Å². The molecule has 1 aliphatic rings. The average molecular weight is 275 g/mol. The molecule has 1 N–H and O–H groups in total. The van der Waals surface area contributed by atoms with E-state index in [1.54, 1.807) is 0 Å². The number of benzene rings is 1. The zero-order valence-corrected chi connectivity index (χ0v) is 13.4. The van der Waals surface area contributed by atoms with Crippen molar-refractivity contribution in [2.24, 2.45) is 5.41 Å². The molecule has 1 saturated heterocycles. The third-order valence-corrected chi connectivity index (χ3v) is 5.54. The number of aromatic hydroxyl groups is 1. The van der Waals surface area contributed by atoms with Crippen molar-refractivity contribution < 1.29 is 5.11 Å². The quantitative estimate of drug-likeness (QED) is 0.863. The normalized spacial score (nSPS) is 20.8. The molecule has 20 heavy (non-hydrogen) atoms. The van der Waals surface area contributed by atoms with Crippen LogP contribution in [-0.2, 0) is 0 Å². The van der Waals surface area contributed by atoms with Gasteiger partial charge < -0.3 is 5.11 Å². The molecular formula is C18H29NO. The summed E-state index contributed by atoms with van der Waals surface area (Å²) in [7, 11) is 0. The highest BCUT2D eigenvalue weighted by molar-refractivity contribution is 5.37. The number of rotatable bonds is 4. The average Bonchev–Trinajstić information content (AvgIpc) is 2.47. The van der Waals surface area contributed by atoms with Crippen LogP contribution in [0.25, 0.3) is 0 Å². The van der Waals surface area contributed by atoms with E-state index in [0.717, 1.165) is 24.2 Å². The second-order valence-electron chi connectivity index (χ2n) is 6.48. The second-order valence-corrected chi connectivity index (χ2v) is 6.48. The predicted octanol–water partition coefficient (Wildman–Crippen LogP) is 4.66. The monoisotopic (exact) mass is 275 g/mol. The van der Waals surface area contributed by atoms with Crippen molar-refractivity contribution in [3.63, 3.8) is 0 Å². The fraction of sp³-hybridized carbons (Fsp3) is 0.667. The molecule has 1 atom stereocenters. The van der Waals surface area contributed by atoms with E-state index < -0.39 is 0 Å². The number of hydrogen-bond donors (Lipinski definition) is 1. The van der Waals surface area contributed by atoms with E-state index >= 15 is 0 Å². The largest absolute Gasteiger partial charge is 0.508 e. The van der Waals surface area contributed by atoms with Gasteiger partial charge in [0.2, 0.25) is 0 Å². The number of likely N-dealkylation sites (tertiary alicyclic amines) is 1. The van der Waals surface area contributed by atoms with Crippen LogP contribution in [0.15, 0.2) is 18.2 Å². The molecule has 1 unspecified atom stereocenters. The molecule has 2 nitrogen and oxygen atoms in total. The summed E-state index contributed by atoms with van der Waals surface area (Å²) in [5, 5.41) is 10.2. The summed E-state index contributed by atoms with van der Waals surface area (Å²) in [6.07, 6.45) is 5.16. The summed E-state index contributed by atoms with van der Waals surface area (Å²) >= 11 is 0. The Morgan fingerprint density at radius 3 is 2.30 bits per heavy atom. The van der Waals surface area contributed by atoms with Crippen LogP contribution in [0.5, 0.6) is 5.75 Å². The third kappa shape index (κ3) is 3.01. The van der Waals surface area contributed by atoms with Gasteiger partial charge in [-0.15, -0.1) is 0 Å². The summed E-state index contributed by atoms with van der Waals surface area (Å²) in [6, 6.07) is 6.36. The predicted molar refractivity (Wildman–Crippen MR) is 85.1 cm³/mol.